The molecule has 3 aromatic rings. The van der Waals surface area contributed by atoms with Crippen molar-refractivity contribution < 1.29 is 31.1 Å². The minimum atomic E-state index is -4.48. The number of anilines is 1. The van der Waals surface area contributed by atoms with Crippen molar-refractivity contribution in [3.63, 3.8) is 0 Å². The molecule has 4 rings (SSSR count). The van der Waals surface area contributed by atoms with E-state index in [-0.39, 0.29) is 34.9 Å². The molecule has 0 bridgehead atoms. The fraction of sp³-hybridized carbons (Fsp3) is 0.350. The van der Waals surface area contributed by atoms with Gasteiger partial charge in [0.15, 0.2) is 17.3 Å². The van der Waals surface area contributed by atoms with Gasteiger partial charge in [-0.3, -0.25) is 14.5 Å². The van der Waals surface area contributed by atoms with Gasteiger partial charge in [-0.25, -0.2) is 23.1 Å². The van der Waals surface area contributed by atoms with Crippen LogP contribution in [-0.2, 0) is 6.54 Å². The zero-order valence-corrected chi connectivity index (χ0v) is 17.8. The summed E-state index contributed by atoms with van der Waals surface area (Å²) < 4.78 is 80.2. The van der Waals surface area contributed by atoms with E-state index in [1.807, 2.05) is 0 Å². The van der Waals surface area contributed by atoms with Crippen molar-refractivity contribution in [3.05, 3.63) is 42.4 Å². The number of nitrogens with zero attached hydrogens (tertiary/aromatic N) is 5. The summed E-state index contributed by atoms with van der Waals surface area (Å²) in [5.41, 5.74) is 5.33. The maximum atomic E-state index is 14.6. The third-order valence-electron chi connectivity index (χ3n) is 5.07. The first-order valence-electron chi connectivity index (χ1n) is 10.2. The van der Waals surface area contributed by atoms with E-state index in [4.69, 9.17) is 5.73 Å². The van der Waals surface area contributed by atoms with Gasteiger partial charge in [0.1, 0.15) is 6.54 Å². The van der Waals surface area contributed by atoms with Gasteiger partial charge in [-0.15, -0.1) is 0 Å². The maximum absolute atomic E-state index is 14.6. The van der Waals surface area contributed by atoms with Crippen LogP contribution in [0.5, 0.6) is 0 Å². The molecular weight excluding hydrogens is 482 g/mol. The summed E-state index contributed by atoms with van der Waals surface area (Å²) in [6, 6.07) is 0.311. The number of pyridine rings is 1. The smallest absolute Gasteiger partial charge is 0.382 e. The van der Waals surface area contributed by atoms with Crippen LogP contribution < -0.4 is 16.4 Å². The van der Waals surface area contributed by atoms with E-state index < -0.39 is 55.1 Å². The Hall–Kier alpha value is -3.75. The molecule has 3 aromatic heterocycles. The highest BCUT2D eigenvalue weighted by molar-refractivity contribution is 5.97. The summed E-state index contributed by atoms with van der Waals surface area (Å²) in [5.74, 6) is -5.02. The van der Waals surface area contributed by atoms with E-state index in [1.165, 1.54) is 6.07 Å². The van der Waals surface area contributed by atoms with Gasteiger partial charge in [0.2, 0.25) is 0 Å². The minimum absolute atomic E-state index is 0.0926. The summed E-state index contributed by atoms with van der Waals surface area (Å²) in [6.07, 6.45) is -0.902. The molecule has 1 aliphatic rings. The lowest BCUT2D eigenvalue weighted by atomic mass is 10.0. The summed E-state index contributed by atoms with van der Waals surface area (Å²) in [5, 5.41) is 8.55. The Morgan fingerprint density at radius 1 is 1.23 bits per heavy atom. The first-order valence-corrected chi connectivity index (χ1v) is 10.2. The Bertz CT molecular complexity index is 1240. The number of carbonyl (C=O) groups is 1. The zero-order chi connectivity index (χ0) is 25.4. The molecule has 1 atom stereocenters. The van der Waals surface area contributed by atoms with Crippen LogP contribution in [0.1, 0.15) is 16.9 Å². The average Bonchev–Trinajstić information content (AvgIpc) is 3.20. The summed E-state index contributed by atoms with van der Waals surface area (Å²) in [7, 11) is 0. The van der Waals surface area contributed by atoms with Crippen LogP contribution >= 0.6 is 0 Å². The van der Waals surface area contributed by atoms with Crippen LogP contribution in [0.4, 0.5) is 32.2 Å². The van der Waals surface area contributed by atoms with Crippen LogP contribution in [-0.4, -0.2) is 61.9 Å². The summed E-state index contributed by atoms with van der Waals surface area (Å²) in [4.78, 5) is 24.4. The van der Waals surface area contributed by atoms with Gasteiger partial charge in [-0.1, -0.05) is 0 Å². The molecule has 9 nitrogen and oxygen atoms in total. The molecular formula is C20H18F6N8O. The molecule has 0 saturated carbocycles. The van der Waals surface area contributed by atoms with Gasteiger partial charge in [0.05, 0.1) is 36.5 Å². The topological polar surface area (TPSA) is 124 Å². The zero-order valence-electron chi connectivity index (χ0n) is 17.8. The number of rotatable bonds is 5. The Kier molecular flexibility index (Phi) is 6.36. The van der Waals surface area contributed by atoms with Crippen LogP contribution in [0.15, 0.2) is 30.9 Å². The molecule has 0 unspecified atom stereocenters. The summed E-state index contributed by atoms with van der Waals surface area (Å²) in [6.45, 7) is -1.71. The molecule has 0 aliphatic carbocycles. The third kappa shape index (κ3) is 5.85. The number of amides is 1. The molecule has 1 fully saturated rings. The van der Waals surface area contributed by atoms with E-state index in [0.29, 0.717) is 4.68 Å². The standard InChI is InChI=1S/C20H18F6N8O/c21-13-5-29-14(10-3-31-34(7-10)9-20(24,25)26)1-12(13)15-6-30-17(27)16(33-15)18(35)32-11-2-19(22,23)8-28-4-11/h1,3,5-7,11,28H,2,4,8-9H2,(H2,27,30)(H,32,35)/t11-/m0/s1. The first kappa shape index (κ1) is 24.4. The quantitative estimate of drug-likeness (QED) is 0.460. The van der Waals surface area contributed by atoms with Crippen LogP contribution in [0.2, 0.25) is 0 Å². The molecule has 0 aromatic carbocycles. The van der Waals surface area contributed by atoms with Gasteiger partial charge in [0, 0.05) is 36.3 Å². The Labute approximate surface area is 193 Å². The predicted molar refractivity (Wildman–Crippen MR) is 111 cm³/mol. The van der Waals surface area contributed by atoms with Crippen molar-refractivity contribution in [2.24, 2.45) is 0 Å². The fourth-order valence-electron chi connectivity index (χ4n) is 3.54. The molecule has 1 aliphatic heterocycles. The Balaban J connectivity index is 1.60. The monoisotopic (exact) mass is 500 g/mol. The SMILES string of the molecule is Nc1ncc(-c2cc(-c3cnn(CC(F)(F)F)c3)ncc2F)nc1C(=O)N[C@@H]1CNCC(F)(F)C1. The molecule has 35 heavy (non-hydrogen) atoms. The number of carbonyl (C=O) groups excluding carboxylic acids is 1. The highest BCUT2D eigenvalue weighted by Crippen LogP contribution is 2.28. The summed E-state index contributed by atoms with van der Waals surface area (Å²) >= 11 is 0. The lowest BCUT2D eigenvalue weighted by Crippen LogP contribution is -2.53. The largest absolute Gasteiger partial charge is 0.408 e. The molecule has 1 amide bonds. The van der Waals surface area contributed by atoms with Crippen LogP contribution in [0.25, 0.3) is 22.5 Å². The second kappa shape index (κ2) is 9.13. The molecule has 4 heterocycles. The lowest BCUT2D eigenvalue weighted by Gasteiger charge is -2.30. The average molecular weight is 500 g/mol. The van der Waals surface area contributed by atoms with Gasteiger partial charge in [-0.05, 0) is 6.07 Å². The number of halogens is 6. The highest BCUT2D eigenvalue weighted by atomic mass is 19.4. The van der Waals surface area contributed by atoms with Gasteiger partial charge >= 0.3 is 6.18 Å². The third-order valence-corrected chi connectivity index (χ3v) is 5.07. The van der Waals surface area contributed by atoms with Crippen molar-refractivity contribution in [1.82, 2.24) is 35.4 Å². The van der Waals surface area contributed by atoms with Gasteiger partial charge in [-0.2, -0.15) is 18.3 Å². The van der Waals surface area contributed by atoms with E-state index in [1.54, 1.807) is 0 Å². The molecule has 186 valence electrons. The first-order chi connectivity index (χ1) is 16.4. The molecule has 0 spiro atoms. The Morgan fingerprint density at radius 2 is 2.00 bits per heavy atom. The van der Waals surface area contributed by atoms with Crippen molar-refractivity contribution >= 4 is 11.7 Å². The number of nitrogen functional groups attached to an aromatic ring is 1. The minimum Gasteiger partial charge on any atom is -0.382 e. The number of hydrogen-bond acceptors (Lipinski definition) is 7. The second-order valence-corrected chi connectivity index (χ2v) is 7.94. The number of nitrogens with one attached hydrogen (secondary N) is 2. The molecule has 15 heteroatoms. The highest BCUT2D eigenvalue weighted by Gasteiger charge is 2.37. The van der Waals surface area contributed by atoms with Crippen molar-refractivity contribution in [2.75, 3.05) is 18.8 Å². The number of nitrogens with two attached hydrogens (primary N) is 1. The number of hydrogen-bond donors (Lipinski definition) is 3. The number of piperidine rings is 1. The maximum Gasteiger partial charge on any atom is 0.408 e. The van der Waals surface area contributed by atoms with E-state index in [2.05, 4.69) is 30.7 Å². The number of alkyl halides is 5. The Morgan fingerprint density at radius 3 is 2.71 bits per heavy atom. The van der Waals surface area contributed by atoms with E-state index in [0.717, 1.165) is 24.8 Å². The van der Waals surface area contributed by atoms with E-state index >= 15 is 0 Å². The second-order valence-electron chi connectivity index (χ2n) is 7.94. The van der Waals surface area contributed by atoms with Crippen molar-refractivity contribution in [1.29, 1.82) is 0 Å². The lowest BCUT2D eigenvalue weighted by molar-refractivity contribution is -0.142. The predicted octanol–water partition coefficient (Wildman–Crippen LogP) is 2.41. The van der Waals surface area contributed by atoms with Crippen molar-refractivity contribution in [2.45, 2.75) is 31.1 Å². The van der Waals surface area contributed by atoms with Crippen LogP contribution in [0.3, 0.4) is 0 Å². The number of aromatic nitrogens is 5. The molecule has 4 N–H and O–H groups in total. The molecule has 1 saturated heterocycles. The van der Waals surface area contributed by atoms with Gasteiger partial charge < -0.3 is 16.4 Å². The normalized spacial score (nSPS) is 17.8. The van der Waals surface area contributed by atoms with E-state index in [9.17, 15) is 31.1 Å². The van der Waals surface area contributed by atoms with Gasteiger partial charge in [0.25, 0.3) is 11.8 Å². The van der Waals surface area contributed by atoms with Crippen molar-refractivity contribution in [3.8, 4) is 22.5 Å². The van der Waals surface area contributed by atoms with Crippen LogP contribution in [0, 0.1) is 5.82 Å². The molecule has 0 radical (unpaired) electrons. The fourth-order valence-corrected chi connectivity index (χ4v) is 3.54.